The Morgan fingerprint density at radius 3 is 2.03 bits per heavy atom. The summed E-state index contributed by atoms with van der Waals surface area (Å²) in [5.74, 6) is -0.555. The van der Waals surface area contributed by atoms with Crippen LogP contribution >= 0.6 is 0 Å². The molecule has 0 saturated carbocycles. The molecule has 0 N–H and O–H groups in total. The van der Waals surface area contributed by atoms with Gasteiger partial charge in [0.15, 0.2) is 11.5 Å². The fraction of sp³-hybridized carbons (Fsp3) is 0.455. The first-order valence-corrected chi connectivity index (χ1v) is 9.56. The van der Waals surface area contributed by atoms with Gasteiger partial charge in [-0.15, -0.1) is 0 Å². The van der Waals surface area contributed by atoms with Crippen molar-refractivity contribution in [2.75, 3.05) is 27.9 Å². The number of carbonyl (C=O) groups is 2. The summed E-state index contributed by atoms with van der Waals surface area (Å²) in [5.41, 5.74) is 1.38. The summed E-state index contributed by atoms with van der Waals surface area (Å²) < 4.78 is 21.2. The van der Waals surface area contributed by atoms with E-state index in [4.69, 9.17) is 18.9 Å². The summed E-state index contributed by atoms with van der Waals surface area (Å²) in [6.07, 6.45) is 4.28. The molecule has 1 heterocycles. The molecule has 1 aromatic rings. The Morgan fingerprint density at radius 1 is 1.00 bits per heavy atom. The van der Waals surface area contributed by atoms with E-state index in [9.17, 15) is 9.59 Å². The van der Waals surface area contributed by atoms with E-state index in [1.165, 1.54) is 14.2 Å². The fourth-order valence-corrected chi connectivity index (χ4v) is 3.10. The quantitative estimate of drug-likeness (QED) is 0.616. The van der Waals surface area contributed by atoms with Gasteiger partial charge in [-0.3, -0.25) is 0 Å². The Bertz CT molecular complexity index is 778. The molecule has 1 aromatic carbocycles. The third-order valence-electron chi connectivity index (χ3n) is 4.62. The number of hydrogen-bond acceptors (Lipinski definition) is 7. The highest BCUT2D eigenvalue weighted by Gasteiger charge is 2.36. The lowest BCUT2D eigenvalue weighted by Gasteiger charge is -2.32. The van der Waals surface area contributed by atoms with Crippen LogP contribution in [0.25, 0.3) is 0 Å². The number of esters is 2. The summed E-state index contributed by atoms with van der Waals surface area (Å²) in [5, 5.41) is 0. The van der Waals surface area contributed by atoms with Crippen LogP contribution in [0.15, 0.2) is 41.7 Å². The van der Waals surface area contributed by atoms with Crippen LogP contribution in [0.2, 0.25) is 0 Å². The van der Waals surface area contributed by atoms with E-state index in [1.54, 1.807) is 36.5 Å². The van der Waals surface area contributed by atoms with Crippen molar-refractivity contribution in [1.29, 1.82) is 0 Å². The Balaban J connectivity index is 2.60. The maximum absolute atomic E-state index is 12.6. The van der Waals surface area contributed by atoms with E-state index >= 15 is 0 Å². The second kappa shape index (κ2) is 10.0. The van der Waals surface area contributed by atoms with Gasteiger partial charge in [0, 0.05) is 18.4 Å². The van der Waals surface area contributed by atoms with Crippen LogP contribution in [0.1, 0.15) is 38.7 Å². The Kier molecular flexibility index (Phi) is 7.70. The predicted octanol–water partition coefficient (Wildman–Crippen LogP) is 3.41. The number of carbonyl (C=O) groups excluding carboxylic acids is 2. The average molecular weight is 403 g/mol. The average Bonchev–Trinajstić information content (AvgIpc) is 2.75. The minimum atomic E-state index is -0.654. The van der Waals surface area contributed by atoms with Crippen LogP contribution < -0.4 is 9.47 Å². The zero-order valence-corrected chi connectivity index (χ0v) is 17.9. The number of rotatable bonds is 8. The smallest absolute Gasteiger partial charge is 0.336 e. The van der Waals surface area contributed by atoms with Gasteiger partial charge in [-0.05, 0) is 38.0 Å². The molecule has 0 fully saturated rings. The van der Waals surface area contributed by atoms with E-state index in [1.807, 2.05) is 26.8 Å². The maximum Gasteiger partial charge on any atom is 0.336 e. The molecule has 0 atom stereocenters. The molecule has 2 rings (SSSR count). The molecule has 1 aliphatic rings. The summed E-state index contributed by atoms with van der Waals surface area (Å²) in [7, 11) is 4.18. The summed E-state index contributed by atoms with van der Waals surface area (Å²) >= 11 is 0. The minimum absolute atomic E-state index is 0.0367. The Labute approximate surface area is 171 Å². The number of ether oxygens (including phenoxy) is 4. The van der Waals surface area contributed by atoms with E-state index in [2.05, 4.69) is 0 Å². The van der Waals surface area contributed by atoms with Gasteiger partial charge in [0.25, 0.3) is 0 Å². The second-order valence-electron chi connectivity index (χ2n) is 6.88. The highest BCUT2D eigenvalue weighted by molar-refractivity contribution is 5.98. The lowest BCUT2D eigenvalue weighted by atomic mass is 9.83. The van der Waals surface area contributed by atoms with Crippen LogP contribution in [0.3, 0.4) is 0 Å². The Morgan fingerprint density at radius 2 is 1.59 bits per heavy atom. The first kappa shape index (κ1) is 22.3. The van der Waals surface area contributed by atoms with Crippen molar-refractivity contribution in [2.45, 2.75) is 39.2 Å². The zero-order valence-electron chi connectivity index (χ0n) is 17.9. The summed E-state index contributed by atoms with van der Waals surface area (Å²) in [6, 6.07) is 5.41. The van der Waals surface area contributed by atoms with Crippen LogP contribution in [-0.4, -0.2) is 50.8 Å². The molecule has 29 heavy (non-hydrogen) atoms. The molecule has 0 unspecified atom stereocenters. The van der Waals surface area contributed by atoms with Gasteiger partial charge in [-0.25, -0.2) is 9.59 Å². The van der Waals surface area contributed by atoms with Gasteiger partial charge in [-0.1, -0.05) is 13.0 Å². The van der Waals surface area contributed by atoms with Gasteiger partial charge in [0.05, 0.1) is 45.0 Å². The fourth-order valence-electron chi connectivity index (χ4n) is 3.10. The molecule has 0 aliphatic carbocycles. The second-order valence-corrected chi connectivity index (χ2v) is 6.88. The molecule has 0 bridgehead atoms. The van der Waals surface area contributed by atoms with Gasteiger partial charge < -0.3 is 23.8 Å². The summed E-state index contributed by atoms with van der Waals surface area (Å²) in [6.45, 7) is 6.49. The third-order valence-corrected chi connectivity index (χ3v) is 4.62. The monoisotopic (exact) mass is 403 g/mol. The van der Waals surface area contributed by atoms with Crippen molar-refractivity contribution in [3.05, 3.63) is 47.3 Å². The first-order valence-electron chi connectivity index (χ1n) is 9.56. The van der Waals surface area contributed by atoms with Gasteiger partial charge in [-0.2, -0.15) is 0 Å². The van der Waals surface area contributed by atoms with Gasteiger partial charge >= 0.3 is 11.9 Å². The molecule has 0 radical (unpaired) electrons. The lowest BCUT2D eigenvalue weighted by molar-refractivity contribution is -0.137. The minimum Gasteiger partial charge on any atom is -0.493 e. The Hall–Kier alpha value is -2.96. The molecule has 0 amide bonds. The van der Waals surface area contributed by atoms with E-state index < -0.39 is 17.9 Å². The first-order chi connectivity index (χ1) is 13.9. The van der Waals surface area contributed by atoms with Crippen molar-refractivity contribution >= 4 is 11.9 Å². The van der Waals surface area contributed by atoms with Crippen molar-refractivity contribution < 1.29 is 28.5 Å². The standard InChI is InChI=1S/C22H29NO6/c1-7-10-29-18-9-8-15(11-19(18)26-4)20-16(21(24)27-5)12-23(14(2)3)13-17(20)22(25)28-6/h8-9,11-14,20H,7,10H2,1-6H3. The molecule has 1 aliphatic heterocycles. The predicted molar refractivity (Wildman–Crippen MR) is 109 cm³/mol. The van der Waals surface area contributed by atoms with Gasteiger partial charge in [0.1, 0.15) is 0 Å². The molecule has 0 aromatic heterocycles. The van der Waals surface area contributed by atoms with Crippen LogP contribution in [-0.2, 0) is 19.1 Å². The highest BCUT2D eigenvalue weighted by Crippen LogP contribution is 2.40. The number of methoxy groups -OCH3 is 3. The van der Waals surface area contributed by atoms with E-state index in [0.717, 1.165) is 6.42 Å². The van der Waals surface area contributed by atoms with Crippen LogP contribution in [0.5, 0.6) is 11.5 Å². The van der Waals surface area contributed by atoms with Crippen LogP contribution in [0, 0.1) is 0 Å². The SMILES string of the molecule is CCCOc1ccc(C2C(C(=O)OC)=CN(C(C)C)C=C2C(=O)OC)cc1OC. The highest BCUT2D eigenvalue weighted by atomic mass is 16.5. The topological polar surface area (TPSA) is 74.3 Å². The van der Waals surface area contributed by atoms with E-state index in [-0.39, 0.29) is 6.04 Å². The lowest BCUT2D eigenvalue weighted by Crippen LogP contribution is -2.31. The normalized spacial score (nSPS) is 14.2. The van der Waals surface area contributed by atoms with Gasteiger partial charge in [0.2, 0.25) is 0 Å². The zero-order chi connectivity index (χ0) is 21.6. The van der Waals surface area contributed by atoms with Crippen molar-refractivity contribution in [3.63, 3.8) is 0 Å². The third kappa shape index (κ3) is 4.91. The molecular formula is C22H29NO6. The molecule has 7 nitrogen and oxygen atoms in total. The van der Waals surface area contributed by atoms with Crippen molar-refractivity contribution in [1.82, 2.24) is 4.90 Å². The molecule has 7 heteroatoms. The van der Waals surface area contributed by atoms with Crippen molar-refractivity contribution in [3.8, 4) is 11.5 Å². The maximum atomic E-state index is 12.6. The molecule has 0 saturated heterocycles. The van der Waals surface area contributed by atoms with Crippen molar-refractivity contribution in [2.24, 2.45) is 0 Å². The number of nitrogens with zero attached hydrogens (tertiary/aromatic N) is 1. The molecule has 0 spiro atoms. The molecular weight excluding hydrogens is 374 g/mol. The van der Waals surface area contributed by atoms with Crippen LogP contribution in [0.4, 0.5) is 0 Å². The summed E-state index contributed by atoms with van der Waals surface area (Å²) in [4.78, 5) is 27.0. The number of benzene rings is 1. The molecule has 158 valence electrons. The number of hydrogen-bond donors (Lipinski definition) is 0. The van der Waals surface area contributed by atoms with E-state index in [0.29, 0.717) is 34.8 Å². The largest absolute Gasteiger partial charge is 0.493 e.